The summed E-state index contributed by atoms with van der Waals surface area (Å²) in [5, 5.41) is 3.45. The normalized spacial score (nSPS) is 10.8. The van der Waals surface area contributed by atoms with Crippen molar-refractivity contribution in [1.82, 2.24) is 10.3 Å². The summed E-state index contributed by atoms with van der Waals surface area (Å²) >= 11 is 3.50. The molecule has 1 N–H and O–H groups in total. The molecule has 0 bridgehead atoms. The third kappa shape index (κ3) is 5.33. The van der Waals surface area contributed by atoms with Gasteiger partial charge in [0.15, 0.2) is 0 Å². The zero-order chi connectivity index (χ0) is 14.4. The number of hydrogen-bond acceptors (Lipinski definition) is 3. The van der Waals surface area contributed by atoms with E-state index in [2.05, 4.69) is 64.5 Å². The minimum absolute atomic E-state index is 0.461. The average Bonchev–Trinajstić information content (AvgIpc) is 2.33. The van der Waals surface area contributed by atoms with Crippen molar-refractivity contribution < 1.29 is 0 Å². The van der Waals surface area contributed by atoms with E-state index in [0.29, 0.717) is 6.04 Å². The Bertz CT molecular complexity index is 429. The first-order chi connectivity index (χ1) is 8.93. The van der Waals surface area contributed by atoms with Crippen molar-refractivity contribution in [2.45, 2.75) is 40.3 Å². The van der Waals surface area contributed by atoms with E-state index in [0.717, 1.165) is 35.5 Å². The van der Waals surface area contributed by atoms with Gasteiger partial charge in [-0.2, -0.15) is 0 Å². The van der Waals surface area contributed by atoms with Crippen LogP contribution in [0, 0.1) is 0 Å². The van der Waals surface area contributed by atoms with Gasteiger partial charge in [-0.3, -0.25) is 0 Å². The molecule has 0 unspecified atom stereocenters. The van der Waals surface area contributed by atoms with Crippen molar-refractivity contribution in [1.29, 1.82) is 0 Å². The summed E-state index contributed by atoms with van der Waals surface area (Å²) < 4.78 is 1.02. The van der Waals surface area contributed by atoms with Crippen LogP contribution in [0.2, 0.25) is 0 Å². The standard InChI is InChI=1S/C15H24BrN3/c1-6-19(10-11(2)3)15-13(8-17-12(4)5)7-14(16)9-18-15/h7,9,12,17H,2,6,8,10H2,1,3-5H3. The van der Waals surface area contributed by atoms with Gasteiger partial charge in [-0.1, -0.05) is 26.0 Å². The van der Waals surface area contributed by atoms with Crippen LogP contribution < -0.4 is 10.2 Å². The lowest BCUT2D eigenvalue weighted by molar-refractivity contribution is 0.587. The molecule has 1 aromatic rings. The van der Waals surface area contributed by atoms with E-state index in [9.17, 15) is 0 Å². The summed E-state index contributed by atoms with van der Waals surface area (Å²) in [5.41, 5.74) is 2.36. The van der Waals surface area contributed by atoms with Crippen molar-refractivity contribution in [2.75, 3.05) is 18.0 Å². The number of likely N-dealkylation sites (N-methyl/N-ethyl adjacent to an activating group) is 1. The summed E-state index contributed by atoms with van der Waals surface area (Å²) in [6.45, 7) is 15.1. The molecule has 19 heavy (non-hydrogen) atoms. The second-order valence-electron chi connectivity index (χ2n) is 5.14. The Kier molecular flexibility index (Phi) is 6.52. The van der Waals surface area contributed by atoms with Crippen LogP contribution in [-0.4, -0.2) is 24.1 Å². The van der Waals surface area contributed by atoms with E-state index >= 15 is 0 Å². The largest absolute Gasteiger partial charge is 0.353 e. The van der Waals surface area contributed by atoms with Gasteiger partial charge in [0.25, 0.3) is 0 Å². The van der Waals surface area contributed by atoms with E-state index in [1.807, 2.05) is 13.1 Å². The lowest BCUT2D eigenvalue weighted by Crippen LogP contribution is -2.29. The number of rotatable bonds is 7. The number of hydrogen-bond donors (Lipinski definition) is 1. The number of aromatic nitrogens is 1. The van der Waals surface area contributed by atoms with Crippen LogP contribution in [0.1, 0.15) is 33.3 Å². The fraction of sp³-hybridized carbons (Fsp3) is 0.533. The zero-order valence-electron chi connectivity index (χ0n) is 12.3. The number of halogens is 1. The second kappa shape index (κ2) is 7.65. The van der Waals surface area contributed by atoms with Crippen LogP contribution in [0.5, 0.6) is 0 Å². The Morgan fingerprint density at radius 2 is 2.21 bits per heavy atom. The molecule has 0 fully saturated rings. The molecule has 1 aromatic heterocycles. The van der Waals surface area contributed by atoms with Crippen molar-refractivity contribution in [2.24, 2.45) is 0 Å². The SMILES string of the molecule is C=C(C)CN(CC)c1ncc(Br)cc1CNC(C)C. The molecule has 0 radical (unpaired) electrons. The highest BCUT2D eigenvalue weighted by atomic mass is 79.9. The molecule has 0 aliphatic carbocycles. The summed E-state index contributed by atoms with van der Waals surface area (Å²) in [6.07, 6.45) is 1.86. The molecule has 106 valence electrons. The first kappa shape index (κ1) is 16.2. The van der Waals surface area contributed by atoms with Gasteiger partial charge in [-0.15, -0.1) is 0 Å². The molecule has 0 spiro atoms. The zero-order valence-corrected chi connectivity index (χ0v) is 13.9. The molecule has 3 nitrogen and oxygen atoms in total. The topological polar surface area (TPSA) is 28.2 Å². The lowest BCUT2D eigenvalue weighted by atomic mass is 10.2. The molecule has 0 saturated carbocycles. The minimum atomic E-state index is 0.461. The lowest BCUT2D eigenvalue weighted by Gasteiger charge is -2.25. The van der Waals surface area contributed by atoms with Crippen molar-refractivity contribution in [3.63, 3.8) is 0 Å². The molecule has 0 amide bonds. The second-order valence-corrected chi connectivity index (χ2v) is 6.06. The molecule has 0 aliphatic rings. The minimum Gasteiger partial charge on any atom is -0.353 e. The molecular formula is C15H24BrN3. The fourth-order valence-corrected chi connectivity index (χ4v) is 2.24. The Hall–Kier alpha value is -0.870. The molecule has 1 heterocycles. The van der Waals surface area contributed by atoms with Gasteiger partial charge in [-0.05, 0) is 35.8 Å². The first-order valence-corrected chi connectivity index (χ1v) is 7.50. The van der Waals surface area contributed by atoms with E-state index < -0.39 is 0 Å². The average molecular weight is 326 g/mol. The number of anilines is 1. The number of nitrogens with one attached hydrogen (secondary N) is 1. The molecule has 0 aliphatic heterocycles. The smallest absolute Gasteiger partial charge is 0.133 e. The van der Waals surface area contributed by atoms with Gasteiger partial charge < -0.3 is 10.2 Å². The number of nitrogens with zero attached hydrogens (tertiary/aromatic N) is 2. The van der Waals surface area contributed by atoms with Crippen molar-refractivity contribution in [3.05, 3.63) is 34.5 Å². The van der Waals surface area contributed by atoms with Gasteiger partial charge in [0.2, 0.25) is 0 Å². The Morgan fingerprint density at radius 1 is 1.53 bits per heavy atom. The van der Waals surface area contributed by atoms with Gasteiger partial charge >= 0.3 is 0 Å². The molecule has 4 heteroatoms. The van der Waals surface area contributed by atoms with Gasteiger partial charge in [-0.25, -0.2) is 4.98 Å². The van der Waals surface area contributed by atoms with Gasteiger partial charge in [0, 0.05) is 41.9 Å². The maximum atomic E-state index is 4.58. The summed E-state index contributed by atoms with van der Waals surface area (Å²) in [5.74, 6) is 1.04. The van der Waals surface area contributed by atoms with Gasteiger partial charge in [0.05, 0.1) is 0 Å². The Morgan fingerprint density at radius 3 is 2.74 bits per heavy atom. The molecule has 0 atom stereocenters. The van der Waals surface area contributed by atoms with Crippen LogP contribution >= 0.6 is 15.9 Å². The predicted molar refractivity (Wildman–Crippen MR) is 86.6 cm³/mol. The highest BCUT2D eigenvalue weighted by Crippen LogP contribution is 2.22. The molecule has 1 rings (SSSR count). The van der Waals surface area contributed by atoms with Crippen molar-refractivity contribution >= 4 is 21.7 Å². The first-order valence-electron chi connectivity index (χ1n) is 6.71. The van der Waals surface area contributed by atoms with Crippen LogP contribution in [0.25, 0.3) is 0 Å². The van der Waals surface area contributed by atoms with Crippen LogP contribution in [0.4, 0.5) is 5.82 Å². The number of pyridine rings is 1. The molecular weight excluding hydrogens is 302 g/mol. The maximum absolute atomic E-state index is 4.58. The maximum Gasteiger partial charge on any atom is 0.133 e. The summed E-state index contributed by atoms with van der Waals surface area (Å²) in [4.78, 5) is 6.83. The summed E-state index contributed by atoms with van der Waals surface area (Å²) in [6, 6.07) is 2.60. The monoisotopic (exact) mass is 325 g/mol. The van der Waals surface area contributed by atoms with Crippen molar-refractivity contribution in [3.8, 4) is 0 Å². The van der Waals surface area contributed by atoms with E-state index in [1.54, 1.807) is 0 Å². The highest BCUT2D eigenvalue weighted by Gasteiger charge is 2.12. The van der Waals surface area contributed by atoms with E-state index in [1.165, 1.54) is 5.56 Å². The van der Waals surface area contributed by atoms with E-state index in [4.69, 9.17) is 0 Å². The third-order valence-corrected chi connectivity index (χ3v) is 3.19. The van der Waals surface area contributed by atoms with Crippen LogP contribution in [0.3, 0.4) is 0 Å². The van der Waals surface area contributed by atoms with Crippen LogP contribution in [0.15, 0.2) is 28.9 Å². The Balaban J connectivity index is 2.99. The quantitative estimate of drug-likeness (QED) is 0.774. The molecule has 0 saturated heterocycles. The van der Waals surface area contributed by atoms with Crippen LogP contribution in [-0.2, 0) is 6.54 Å². The predicted octanol–water partition coefficient (Wildman–Crippen LogP) is 3.74. The highest BCUT2D eigenvalue weighted by molar-refractivity contribution is 9.10. The van der Waals surface area contributed by atoms with E-state index in [-0.39, 0.29) is 0 Å². The fourth-order valence-electron chi connectivity index (χ4n) is 1.87. The molecule has 0 aromatic carbocycles. The Labute approximate surface area is 125 Å². The summed E-state index contributed by atoms with van der Waals surface area (Å²) in [7, 11) is 0. The van der Waals surface area contributed by atoms with Gasteiger partial charge in [0.1, 0.15) is 5.82 Å². The third-order valence-electron chi connectivity index (χ3n) is 2.75.